The van der Waals surface area contributed by atoms with E-state index in [1.54, 1.807) is 16.7 Å². The molecule has 1 heterocycles. The fraction of sp³-hybridized carbons (Fsp3) is 0.600. The number of hydrogen-bond acceptors (Lipinski definition) is 5. The molecule has 1 amide bonds. The SMILES string of the molecule is COC(=O)C1CCN(C(=O)OC(C)(C)C)C1c1ccccc1SC(C)C. The summed E-state index contributed by atoms with van der Waals surface area (Å²) in [6.45, 7) is 10.3. The maximum Gasteiger partial charge on any atom is 0.410 e. The van der Waals surface area contributed by atoms with Gasteiger partial charge in [-0.05, 0) is 38.8 Å². The van der Waals surface area contributed by atoms with Gasteiger partial charge in [-0.15, -0.1) is 11.8 Å². The first kappa shape index (κ1) is 20.6. The molecule has 0 saturated carbocycles. The highest BCUT2D eigenvalue weighted by Gasteiger charge is 2.44. The maximum atomic E-state index is 12.8. The molecular weight excluding hydrogens is 350 g/mol. The van der Waals surface area contributed by atoms with Crippen molar-refractivity contribution in [3.8, 4) is 0 Å². The van der Waals surface area contributed by atoms with E-state index in [2.05, 4.69) is 13.8 Å². The monoisotopic (exact) mass is 379 g/mol. The minimum atomic E-state index is -0.586. The molecule has 1 aromatic carbocycles. The summed E-state index contributed by atoms with van der Waals surface area (Å²) in [6, 6.07) is 7.58. The number of hydrogen-bond donors (Lipinski definition) is 0. The summed E-state index contributed by atoms with van der Waals surface area (Å²) in [5.41, 5.74) is 0.391. The molecule has 26 heavy (non-hydrogen) atoms. The molecule has 1 saturated heterocycles. The molecule has 0 N–H and O–H groups in total. The van der Waals surface area contributed by atoms with Crippen molar-refractivity contribution in [2.45, 2.75) is 62.8 Å². The zero-order valence-corrected chi connectivity index (χ0v) is 17.3. The van der Waals surface area contributed by atoms with Crippen LogP contribution in [0.2, 0.25) is 0 Å². The van der Waals surface area contributed by atoms with E-state index in [1.807, 2.05) is 45.0 Å². The summed E-state index contributed by atoms with van der Waals surface area (Å²) in [6.07, 6.45) is 0.176. The molecule has 5 nitrogen and oxygen atoms in total. The van der Waals surface area contributed by atoms with Crippen molar-refractivity contribution < 1.29 is 19.1 Å². The summed E-state index contributed by atoms with van der Waals surface area (Å²) in [4.78, 5) is 27.9. The van der Waals surface area contributed by atoms with Gasteiger partial charge >= 0.3 is 12.1 Å². The van der Waals surface area contributed by atoms with E-state index in [0.29, 0.717) is 18.2 Å². The molecule has 0 spiro atoms. The van der Waals surface area contributed by atoms with Gasteiger partial charge in [0, 0.05) is 16.7 Å². The summed E-state index contributed by atoms with van der Waals surface area (Å²) in [5, 5.41) is 0.393. The Morgan fingerprint density at radius 1 is 1.23 bits per heavy atom. The number of nitrogens with zero attached hydrogens (tertiary/aromatic N) is 1. The van der Waals surface area contributed by atoms with Crippen LogP contribution in [-0.2, 0) is 14.3 Å². The predicted octanol–water partition coefficient (Wildman–Crippen LogP) is 4.66. The van der Waals surface area contributed by atoms with Crippen molar-refractivity contribution in [2.24, 2.45) is 5.92 Å². The molecule has 2 unspecified atom stereocenters. The average molecular weight is 380 g/mol. The van der Waals surface area contributed by atoms with E-state index in [1.165, 1.54) is 7.11 Å². The van der Waals surface area contributed by atoms with Crippen LogP contribution in [0.3, 0.4) is 0 Å². The van der Waals surface area contributed by atoms with Crippen LogP contribution in [0.1, 0.15) is 52.6 Å². The second kappa shape index (κ2) is 8.33. The molecule has 0 bridgehead atoms. The summed E-state index contributed by atoms with van der Waals surface area (Å²) >= 11 is 1.73. The quantitative estimate of drug-likeness (QED) is 0.563. The number of esters is 1. The number of carbonyl (C=O) groups is 2. The summed E-state index contributed by atoms with van der Waals surface area (Å²) < 4.78 is 10.6. The van der Waals surface area contributed by atoms with Crippen LogP contribution in [0.5, 0.6) is 0 Å². The van der Waals surface area contributed by atoms with E-state index in [4.69, 9.17) is 9.47 Å². The van der Waals surface area contributed by atoms with Crippen molar-refractivity contribution in [1.29, 1.82) is 0 Å². The Hall–Kier alpha value is -1.69. The summed E-state index contributed by atoms with van der Waals surface area (Å²) in [5.74, 6) is -0.674. The number of thioether (sulfide) groups is 1. The van der Waals surface area contributed by atoms with Gasteiger partial charge in [0.25, 0.3) is 0 Å². The van der Waals surface area contributed by atoms with Crippen LogP contribution in [-0.4, -0.2) is 41.5 Å². The molecule has 0 aliphatic carbocycles. The maximum absolute atomic E-state index is 12.8. The number of ether oxygens (including phenoxy) is 2. The van der Waals surface area contributed by atoms with Gasteiger partial charge in [-0.2, -0.15) is 0 Å². The third kappa shape index (κ3) is 4.93. The molecular formula is C20H29NO4S. The minimum Gasteiger partial charge on any atom is -0.469 e. The molecule has 2 atom stereocenters. The number of likely N-dealkylation sites (tertiary alicyclic amines) is 1. The van der Waals surface area contributed by atoms with E-state index < -0.39 is 11.7 Å². The van der Waals surface area contributed by atoms with Crippen LogP contribution >= 0.6 is 11.8 Å². The minimum absolute atomic E-state index is 0.287. The number of rotatable bonds is 4. The second-order valence-electron chi connectivity index (χ2n) is 7.74. The third-order valence-electron chi connectivity index (χ3n) is 4.13. The van der Waals surface area contributed by atoms with Crippen molar-refractivity contribution in [3.05, 3.63) is 29.8 Å². The first-order valence-electron chi connectivity index (χ1n) is 8.97. The van der Waals surface area contributed by atoms with Crippen molar-refractivity contribution in [1.82, 2.24) is 4.90 Å². The van der Waals surface area contributed by atoms with E-state index >= 15 is 0 Å². The fourth-order valence-corrected chi connectivity index (χ4v) is 4.18. The first-order chi connectivity index (χ1) is 12.1. The zero-order valence-electron chi connectivity index (χ0n) is 16.4. The first-order valence-corrected chi connectivity index (χ1v) is 9.85. The molecule has 144 valence electrons. The Bertz CT molecular complexity index is 653. The number of amides is 1. The zero-order chi connectivity index (χ0) is 19.5. The van der Waals surface area contributed by atoms with Crippen molar-refractivity contribution in [3.63, 3.8) is 0 Å². The Morgan fingerprint density at radius 2 is 1.88 bits per heavy atom. The van der Waals surface area contributed by atoms with E-state index in [-0.39, 0.29) is 17.9 Å². The lowest BCUT2D eigenvalue weighted by atomic mass is 9.93. The van der Waals surface area contributed by atoms with Crippen LogP contribution in [0.4, 0.5) is 4.79 Å². The van der Waals surface area contributed by atoms with Gasteiger partial charge in [0.05, 0.1) is 19.1 Å². The van der Waals surface area contributed by atoms with E-state index in [9.17, 15) is 9.59 Å². The molecule has 1 aromatic rings. The third-order valence-corrected chi connectivity index (χ3v) is 5.23. The van der Waals surface area contributed by atoms with Gasteiger partial charge in [0.2, 0.25) is 0 Å². The average Bonchev–Trinajstić information content (AvgIpc) is 2.97. The standard InChI is InChI=1S/C20H29NO4S/c1-13(2)26-16-10-8-7-9-14(16)17-15(18(22)24-6)11-12-21(17)19(23)25-20(3,4)5/h7-10,13,15,17H,11-12H2,1-6H3. The smallest absolute Gasteiger partial charge is 0.410 e. The largest absolute Gasteiger partial charge is 0.469 e. The topological polar surface area (TPSA) is 55.8 Å². The van der Waals surface area contributed by atoms with Crippen LogP contribution in [0.15, 0.2) is 29.2 Å². The Morgan fingerprint density at radius 3 is 2.46 bits per heavy atom. The molecule has 0 radical (unpaired) electrons. The van der Waals surface area contributed by atoms with Gasteiger partial charge in [0.15, 0.2) is 0 Å². The van der Waals surface area contributed by atoms with Crippen LogP contribution in [0, 0.1) is 5.92 Å². The van der Waals surface area contributed by atoms with Gasteiger partial charge in [-0.25, -0.2) is 4.79 Å². The lowest BCUT2D eigenvalue weighted by Gasteiger charge is -2.31. The number of carbonyl (C=O) groups excluding carboxylic acids is 2. The van der Waals surface area contributed by atoms with Crippen LogP contribution < -0.4 is 0 Å². The van der Waals surface area contributed by atoms with Crippen LogP contribution in [0.25, 0.3) is 0 Å². The van der Waals surface area contributed by atoms with E-state index in [0.717, 1.165) is 10.5 Å². The molecule has 1 aliphatic rings. The second-order valence-corrected chi connectivity index (χ2v) is 9.36. The lowest BCUT2D eigenvalue weighted by molar-refractivity contribution is -0.146. The molecule has 1 fully saturated rings. The number of methoxy groups -OCH3 is 1. The van der Waals surface area contributed by atoms with Gasteiger partial charge in [0.1, 0.15) is 5.60 Å². The Balaban J connectivity index is 2.43. The van der Waals surface area contributed by atoms with Crippen molar-refractivity contribution >= 4 is 23.8 Å². The molecule has 6 heteroatoms. The Labute approximate surface area is 160 Å². The predicted molar refractivity (Wildman–Crippen MR) is 103 cm³/mol. The number of benzene rings is 1. The highest BCUT2D eigenvalue weighted by molar-refractivity contribution is 8.00. The molecule has 0 aromatic heterocycles. The molecule has 2 rings (SSSR count). The fourth-order valence-electron chi connectivity index (χ4n) is 3.19. The van der Waals surface area contributed by atoms with Crippen molar-refractivity contribution in [2.75, 3.05) is 13.7 Å². The highest BCUT2D eigenvalue weighted by Crippen LogP contribution is 2.43. The summed E-state index contributed by atoms with van der Waals surface area (Å²) in [7, 11) is 1.39. The molecule has 1 aliphatic heterocycles. The Kier molecular flexibility index (Phi) is 6.61. The lowest BCUT2D eigenvalue weighted by Crippen LogP contribution is -2.38. The normalized spacial score (nSPS) is 20.3. The van der Waals surface area contributed by atoms with Gasteiger partial charge in [-0.1, -0.05) is 32.0 Å². The van der Waals surface area contributed by atoms with Gasteiger partial charge < -0.3 is 14.4 Å². The highest BCUT2D eigenvalue weighted by atomic mass is 32.2. The van der Waals surface area contributed by atoms with Gasteiger partial charge in [-0.3, -0.25) is 4.79 Å².